The van der Waals surface area contributed by atoms with Crippen LogP contribution in [0.25, 0.3) is 0 Å². The Kier molecular flexibility index (Phi) is 1.79. The zero-order valence-corrected chi connectivity index (χ0v) is 9.46. The number of hydrogen-bond acceptors (Lipinski definition) is 1. The third kappa shape index (κ3) is 1.13. The van der Waals surface area contributed by atoms with Gasteiger partial charge in [0, 0.05) is 0 Å². The second-order valence-corrected chi connectivity index (χ2v) is 5.70. The van der Waals surface area contributed by atoms with Crippen molar-refractivity contribution in [1.82, 2.24) is 0 Å². The molecule has 3 aliphatic rings. The van der Waals surface area contributed by atoms with Gasteiger partial charge >= 0.3 is 0 Å². The fourth-order valence-corrected chi connectivity index (χ4v) is 3.41. The molecule has 1 saturated carbocycles. The maximum atomic E-state index is 9.17. The molecule has 2 bridgehead atoms. The van der Waals surface area contributed by atoms with Crippen molar-refractivity contribution in [3.63, 3.8) is 0 Å². The van der Waals surface area contributed by atoms with Crippen molar-refractivity contribution in [1.29, 1.82) is 0 Å². The summed E-state index contributed by atoms with van der Waals surface area (Å²) in [6.07, 6.45) is 2.60. The molecule has 1 N–H and O–H groups in total. The molecule has 1 aromatic rings. The van der Waals surface area contributed by atoms with Gasteiger partial charge in [0.15, 0.2) is 0 Å². The van der Waals surface area contributed by atoms with Crippen LogP contribution in [0.15, 0.2) is 18.2 Å². The van der Waals surface area contributed by atoms with Gasteiger partial charge in [-0.25, -0.2) is 0 Å². The molecule has 0 spiro atoms. The summed E-state index contributed by atoms with van der Waals surface area (Å²) in [7, 11) is 0. The van der Waals surface area contributed by atoms with Crippen LogP contribution in [0.5, 0.6) is 0 Å². The summed E-state index contributed by atoms with van der Waals surface area (Å²) in [6, 6.07) is 6.50. The Hall–Kier alpha value is -0.820. The van der Waals surface area contributed by atoms with Crippen molar-refractivity contribution in [2.45, 2.75) is 39.2 Å². The van der Waals surface area contributed by atoms with Gasteiger partial charge in [0.25, 0.3) is 0 Å². The Morgan fingerprint density at radius 1 is 1.40 bits per heavy atom. The summed E-state index contributed by atoms with van der Waals surface area (Å²) in [6.45, 7) is 4.95. The van der Waals surface area contributed by atoms with Crippen LogP contribution < -0.4 is 0 Å². The van der Waals surface area contributed by atoms with Crippen molar-refractivity contribution < 1.29 is 5.11 Å². The van der Waals surface area contributed by atoms with Gasteiger partial charge in [-0.2, -0.15) is 0 Å². The van der Waals surface area contributed by atoms with E-state index in [2.05, 4.69) is 32.0 Å². The monoisotopic (exact) mass is 202 g/mol. The molecule has 0 radical (unpaired) electrons. The molecule has 0 aromatic heterocycles. The van der Waals surface area contributed by atoms with E-state index in [1.54, 1.807) is 0 Å². The first kappa shape index (κ1) is 9.41. The Labute approximate surface area is 91.1 Å². The summed E-state index contributed by atoms with van der Waals surface area (Å²) < 4.78 is 0. The fourth-order valence-electron chi connectivity index (χ4n) is 3.41. The summed E-state index contributed by atoms with van der Waals surface area (Å²) in [4.78, 5) is 0. The molecular formula is C14H18O. The lowest BCUT2D eigenvalue weighted by molar-refractivity contribution is 0.0184. The predicted molar refractivity (Wildman–Crippen MR) is 60.7 cm³/mol. The van der Waals surface area contributed by atoms with Crippen molar-refractivity contribution in [2.75, 3.05) is 0 Å². The molecule has 3 aliphatic carbocycles. The minimum atomic E-state index is 0.170. The van der Waals surface area contributed by atoms with Gasteiger partial charge in [0.2, 0.25) is 0 Å². The van der Waals surface area contributed by atoms with Crippen LogP contribution in [-0.4, -0.2) is 5.11 Å². The summed E-state index contributed by atoms with van der Waals surface area (Å²) >= 11 is 0. The molecule has 1 fully saturated rings. The highest BCUT2D eigenvalue weighted by Crippen LogP contribution is 2.62. The van der Waals surface area contributed by atoms with E-state index in [1.165, 1.54) is 24.0 Å². The van der Waals surface area contributed by atoms with Gasteiger partial charge in [-0.1, -0.05) is 32.0 Å². The van der Waals surface area contributed by atoms with E-state index >= 15 is 0 Å². The minimum absolute atomic E-state index is 0.170. The largest absolute Gasteiger partial charge is 0.392 e. The van der Waals surface area contributed by atoms with Crippen molar-refractivity contribution >= 4 is 0 Å². The minimum Gasteiger partial charge on any atom is -0.392 e. The van der Waals surface area contributed by atoms with E-state index in [4.69, 9.17) is 5.11 Å². The van der Waals surface area contributed by atoms with Gasteiger partial charge in [0.05, 0.1) is 6.61 Å². The quantitative estimate of drug-likeness (QED) is 0.742. The topological polar surface area (TPSA) is 20.2 Å². The molecule has 1 aromatic carbocycles. The van der Waals surface area contributed by atoms with Crippen molar-refractivity contribution in [3.05, 3.63) is 34.9 Å². The van der Waals surface area contributed by atoms with Crippen LogP contribution in [0.4, 0.5) is 0 Å². The Balaban J connectivity index is 2.07. The van der Waals surface area contributed by atoms with E-state index in [-0.39, 0.29) is 6.61 Å². The molecule has 4 rings (SSSR count). The molecule has 0 amide bonds. The Bertz CT molecular complexity index is 406. The molecule has 1 nitrogen and oxygen atoms in total. The van der Waals surface area contributed by atoms with Crippen LogP contribution in [0.2, 0.25) is 0 Å². The smallest absolute Gasteiger partial charge is 0.0681 e. The van der Waals surface area contributed by atoms with E-state index in [9.17, 15) is 0 Å². The fraction of sp³-hybridized carbons (Fsp3) is 0.571. The maximum Gasteiger partial charge on any atom is 0.0681 e. The first-order valence-electron chi connectivity index (χ1n) is 5.85. The number of hydrogen-bond donors (Lipinski definition) is 1. The van der Waals surface area contributed by atoms with Crippen molar-refractivity contribution in [2.24, 2.45) is 11.3 Å². The number of aliphatic hydroxyl groups excluding tert-OH is 1. The third-order valence-corrected chi connectivity index (χ3v) is 4.71. The van der Waals surface area contributed by atoms with Gasteiger partial charge < -0.3 is 5.11 Å². The van der Waals surface area contributed by atoms with Crippen LogP contribution >= 0.6 is 0 Å². The summed E-state index contributed by atoms with van der Waals surface area (Å²) in [5, 5.41) is 9.17. The molecule has 80 valence electrons. The standard InChI is InChI=1S/C14H18O/c1-14(2)11-6-10-4-3-9(8-15)5-12(10)13(14)7-11/h3-5,11,13,15H,6-8H2,1-2H3/t11-,13-/m0/s1. The highest BCUT2D eigenvalue weighted by Gasteiger charge is 2.52. The van der Waals surface area contributed by atoms with E-state index < -0.39 is 0 Å². The Morgan fingerprint density at radius 2 is 2.20 bits per heavy atom. The lowest BCUT2D eigenvalue weighted by atomic mass is 9.47. The molecular weight excluding hydrogens is 184 g/mol. The number of benzene rings is 1. The SMILES string of the molecule is CC1(C)[C@H]2Cc3ccc(CO)cc3[C@@H]1C2. The summed E-state index contributed by atoms with van der Waals surface area (Å²) in [5.74, 6) is 1.62. The highest BCUT2D eigenvalue weighted by atomic mass is 16.3. The maximum absolute atomic E-state index is 9.17. The van der Waals surface area contributed by atoms with Crippen LogP contribution in [0.1, 0.15) is 42.9 Å². The second-order valence-electron chi connectivity index (χ2n) is 5.70. The second kappa shape index (κ2) is 2.85. The van der Waals surface area contributed by atoms with Crippen LogP contribution in [0.3, 0.4) is 0 Å². The normalized spacial score (nSPS) is 30.6. The van der Waals surface area contributed by atoms with E-state index in [0.29, 0.717) is 5.41 Å². The zero-order valence-electron chi connectivity index (χ0n) is 9.46. The molecule has 1 heteroatoms. The molecule has 0 heterocycles. The van der Waals surface area contributed by atoms with Gasteiger partial charge in [-0.15, -0.1) is 0 Å². The third-order valence-electron chi connectivity index (χ3n) is 4.71. The predicted octanol–water partition coefficient (Wildman–Crippen LogP) is 2.86. The molecule has 0 aliphatic heterocycles. The zero-order chi connectivity index (χ0) is 10.6. The average Bonchev–Trinajstić information content (AvgIpc) is 2.27. The van der Waals surface area contributed by atoms with Gasteiger partial charge in [-0.05, 0) is 46.8 Å². The molecule has 0 saturated heterocycles. The molecule has 15 heavy (non-hydrogen) atoms. The average molecular weight is 202 g/mol. The van der Waals surface area contributed by atoms with Gasteiger partial charge in [-0.3, -0.25) is 0 Å². The lowest BCUT2D eigenvalue weighted by Gasteiger charge is -2.57. The summed E-state index contributed by atoms with van der Waals surface area (Å²) in [5.41, 5.74) is 4.58. The Morgan fingerprint density at radius 3 is 2.87 bits per heavy atom. The first-order valence-corrected chi connectivity index (χ1v) is 5.85. The number of aliphatic hydroxyl groups is 1. The molecule has 2 atom stereocenters. The lowest BCUT2D eigenvalue weighted by Crippen LogP contribution is -2.48. The molecule has 0 unspecified atom stereocenters. The number of rotatable bonds is 1. The van der Waals surface area contributed by atoms with Crippen molar-refractivity contribution in [3.8, 4) is 0 Å². The van der Waals surface area contributed by atoms with E-state index in [0.717, 1.165) is 17.4 Å². The van der Waals surface area contributed by atoms with E-state index in [1.807, 2.05) is 0 Å². The highest BCUT2D eigenvalue weighted by molar-refractivity contribution is 5.42. The first-order chi connectivity index (χ1) is 7.13. The van der Waals surface area contributed by atoms with Crippen LogP contribution in [-0.2, 0) is 13.0 Å². The van der Waals surface area contributed by atoms with Gasteiger partial charge in [0.1, 0.15) is 0 Å². The van der Waals surface area contributed by atoms with Crippen LogP contribution in [0, 0.1) is 11.3 Å².